The van der Waals surface area contributed by atoms with Crippen LogP contribution in [0.5, 0.6) is 0 Å². The highest BCUT2D eigenvalue weighted by molar-refractivity contribution is 6.37. The van der Waals surface area contributed by atoms with Gasteiger partial charge in [-0.15, -0.1) is 0 Å². The van der Waals surface area contributed by atoms with Crippen molar-refractivity contribution in [3.8, 4) is 0 Å². The molecule has 1 N–H and O–H groups in total. The maximum absolute atomic E-state index is 13.3. The average molecular weight is 363 g/mol. The van der Waals surface area contributed by atoms with E-state index in [1.165, 1.54) is 12.1 Å². The minimum absolute atomic E-state index is 0.176. The molecule has 0 radical (unpaired) electrons. The molecule has 0 aliphatic carbocycles. The third-order valence-electron chi connectivity index (χ3n) is 4.79. The molecule has 6 nitrogen and oxygen atoms in total. The summed E-state index contributed by atoms with van der Waals surface area (Å²) >= 11 is 0. The normalized spacial score (nSPS) is 14.5. The Balaban J connectivity index is 1.79. The predicted molar refractivity (Wildman–Crippen MR) is 97.3 cm³/mol. The van der Waals surface area contributed by atoms with Crippen molar-refractivity contribution in [2.75, 3.05) is 37.6 Å². The third kappa shape index (κ3) is 5.03. The van der Waals surface area contributed by atoms with Gasteiger partial charge < -0.3 is 15.1 Å². The molecule has 0 spiro atoms. The minimum atomic E-state index is -0.689. The van der Waals surface area contributed by atoms with Crippen LogP contribution in [0, 0.1) is 11.7 Å². The molecule has 0 saturated carbocycles. The van der Waals surface area contributed by atoms with E-state index in [2.05, 4.69) is 5.32 Å². The molecule has 1 aliphatic rings. The smallest absolute Gasteiger partial charge is 0.288 e. The highest BCUT2D eigenvalue weighted by Crippen LogP contribution is 2.17. The number of hydrogen-bond donors (Lipinski definition) is 1. The zero-order chi connectivity index (χ0) is 19.1. The van der Waals surface area contributed by atoms with Gasteiger partial charge in [0.05, 0.1) is 6.54 Å². The van der Waals surface area contributed by atoms with Crippen molar-refractivity contribution >= 4 is 23.3 Å². The van der Waals surface area contributed by atoms with Gasteiger partial charge in [-0.25, -0.2) is 4.39 Å². The molecule has 0 bridgehead atoms. The lowest BCUT2D eigenvalue weighted by Crippen LogP contribution is -2.51. The number of carbonyl (C=O) groups is 3. The number of nitrogens with one attached hydrogen (secondary N) is 1. The van der Waals surface area contributed by atoms with Gasteiger partial charge in [-0.3, -0.25) is 14.4 Å². The first-order valence-corrected chi connectivity index (χ1v) is 9.06. The van der Waals surface area contributed by atoms with E-state index in [-0.39, 0.29) is 24.2 Å². The Hall–Kier alpha value is -2.44. The van der Waals surface area contributed by atoms with Gasteiger partial charge in [-0.2, -0.15) is 0 Å². The highest BCUT2D eigenvalue weighted by Gasteiger charge is 2.25. The number of rotatable bonds is 7. The first-order valence-electron chi connectivity index (χ1n) is 9.06. The van der Waals surface area contributed by atoms with Crippen LogP contribution in [0.2, 0.25) is 0 Å². The van der Waals surface area contributed by atoms with Crippen LogP contribution >= 0.6 is 0 Å². The van der Waals surface area contributed by atoms with Gasteiger partial charge in [0.2, 0.25) is 11.7 Å². The van der Waals surface area contributed by atoms with E-state index in [0.29, 0.717) is 39.0 Å². The lowest BCUT2D eigenvalue weighted by Gasteiger charge is -2.36. The summed E-state index contributed by atoms with van der Waals surface area (Å²) in [4.78, 5) is 39.7. The van der Waals surface area contributed by atoms with Crippen molar-refractivity contribution in [1.82, 2.24) is 10.2 Å². The largest absolute Gasteiger partial charge is 0.368 e. The summed E-state index contributed by atoms with van der Waals surface area (Å²) in [5, 5.41) is 2.44. The first kappa shape index (κ1) is 19.9. The van der Waals surface area contributed by atoms with Crippen LogP contribution < -0.4 is 10.2 Å². The van der Waals surface area contributed by atoms with Gasteiger partial charge >= 0.3 is 0 Å². The summed E-state index contributed by atoms with van der Waals surface area (Å²) in [5.74, 6) is -1.94. The van der Waals surface area contributed by atoms with Crippen molar-refractivity contribution in [3.05, 3.63) is 30.1 Å². The SMILES string of the molecule is CCC(CC)C(=O)C(=O)NCC(=O)N1CCN(c2cccc(F)c2)CC1. The quantitative estimate of drug-likeness (QED) is 0.747. The summed E-state index contributed by atoms with van der Waals surface area (Å²) in [6, 6.07) is 6.37. The molecule has 0 aromatic heterocycles. The molecule has 1 heterocycles. The second-order valence-electron chi connectivity index (χ2n) is 6.41. The molecule has 1 fully saturated rings. The van der Waals surface area contributed by atoms with Gasteiger partial charge in [0.15, 0.2) is 0 Å². The van der Waals surface area contributed by atoms with Gasteiger partial charge in [-0.1, -0.05) is 19.9 Å². The van der Waals surface area contributed by atoms with E-state index in [1.807, 2.05) is 24.8 Å². The molecule has 2 amide bonds. The molecule has 0 unspecified atom stereocenters. The van der Waals surface area contributed by atoms with Gasteiger partial charge in [0, 0.05) is 37.8 Å². The number of halogens is 1. The lowest BCUT2D eigenvalue weighted by molar-refractivity contribution is -0.141. The second-order valence-corrected chi connectivity index (χ2v) is 6.41. The number of nitrogens with zero attached hydrogens (tertiary/aromatic N) is 2. The number of ketones is 1. The number of Topliss-reactive ketones (excluding diaryl/α,β-unsaturated/α-hetero) is 1. The Morgan fingerprint density at radius 1 is 1.12 bits per heavy atom. The van der Waals surface area contributed by atoms with Crippen LogP contribution in [0.1, 0.15) is 26.7 Å². The molecule has 1 saturated heterocycles. The van der Waals surface area contributed by atoms with Gasteiger partial charge in [0.25, 0.3) is 5.91 Å². The molecule has 7 heteroatoms. The fourth-order valence-corrected chi connectivity index (χ4v) is 3.09. The van der Waals surface area contributed by atoms with Crippen LogP contribution in [0.3, 0.4) is 0 Å². The summed E-state index contributed by atoms with van der Waals surface area (Å²) in [7, 11) is 0. The van der Waals surface area contributed by atoms with Crippen molar-refractivity contribution in [2.24, 2.45) is 5.92 Å². The molecule has 2 rings (SSSR count). The number of hydrogen-bond acceptors (Lipinski definition) is 4. The fraction of sp³-hybridized carbons (Fsp3) is 0.526. The maximum Gasteiger partial charge on any atom is 0.288 e. The lowest BCUT2D eigenvalue weighted by atomic mass is 9.98. The third-order valence-corrected chi connectivity index (χ3v) is 4.79. The van der Waals surface area contributed by atoms with Gasteiger partial charge in [-0.05, 0) is 31.0 Å². The van der Waals surface area contributed by atoms with E-state index in [9.17, 15) is 18.8 Å². The second kappa shape index (κ2) is 9.31. The first-order chi connectivity index (χ1) is 12.5. The monoisotopic (exact) mass is 363 g/mol. The Morgan fingerprint density at radius 2 is 1.77 bits per heavy atom. The molecular formula is C19H26FN3O3. The molecule has 142 valence electrons. The van der Waals surface area contributed by atoms with E-state index < -0.39 is 11.7 Å². The number of carbonyl (C=O) groups excluding carboxylic acids is 3. The van der Waals surface area contributed by atoms with E-state index >= 15 is 0 Å². The number of benzene rings is 1. The molecule has 1 aliphatic heterocycles. The van der Waals surface area contributed by atoms with Crippen molar-refractivity contribution < 1.29 is 18.8 Å². The highest BCUT2D eigenvalue weighted by atomic mass is 19.1. The van der Waals surface area contributed by atoms with Crippen LogP contribution in [-0.4, -0.2) is 55.2 Å². The summed E-state index contributed by atoms with van der Waals surface area (Å²) in [6.07, 6.45) is 1.22. The van der Waals surface area contributed by atoms with E-state index in [4.69, 9.17) is 0 Å². The number of anilines is 1. The Kier molecular flexibility index (Phi) is 7.12. The maximum atomic E-state index is 13.3. The molecule has 1 aromatic rings. The Morgan fingerprint density at radius 3 is 2.35 bits per heavy atom. The summed E-state index contributed by atoms with van der Waals surface area (Å²) in [6.45, 7) is 5.72. The number of amides is 2. The zero-order valence-electron chi connectivity index (χ0n) is 15.3. The summed E-state index contributed by atoms with van der Waals surface area (Å²) in [5.41, 5.74) is 0.793. The molecule has 0 atom stereocenters. The molecular weight excluding hydrogens is 337 g/mol. The van der Waals surface area contributed by atoms with Crippen molar-refractivity contribution in [2.45, 2.75) is 26.7 Å². The predicted octanol–water partition coefficient (Wildman–Crippen LogP) is 1.60. The summed E-state index contributed by atoms with van der Waals surface area (Å²) < 4.78 is 13.3. The molecule has 26 heavy (non-hydrogen) atoms. The van der Waals surface area contributed by atoms with Crippen molar-refractivity contribution in [3.63, 3.8) is 0 Å². The topological polar surface area (TPSA) is 69.7 Å². The average Bonchev–Trinajstić information content (AvgIpc) is 2.66. The van der Waals surface area contributed by atoms with Crippen LogP contribution in [0.25, 0.3) is 0 Å². The Bertz CT molecular complexity index is 653. The van der Waals surface area contributed by atoms with Gasteiger partial charge in [0.1, 0.15) is 5.82 Å². The minimum Gasteiger partial charge on any atom is -0.368 e. The van der Waals surface area contributed by atoms with E-state index in [0.717, 1.165) is 5.69 Å². The standard InChI is InChI=1S/C19H26FN3O3/c1-3-14(4-2)18(25)19(26)21-13-17(24)23-10-8-22(9-11-23)16-7-5-6-15(20)12-16/h5-7,12,14H,3-4,8-11,13H2,1-2H3,(H,21,26). The van der Waals surface area contributed by atoms with Crippen LogP contribution in [-0.2, 0) is 14.4 Å². The molecule has 1 aromatic carbocycles. The zero-order valence-corrected chi connectivity index (χ0v) is 15.3. The van der Waals surface area contributed by atoms with Crippen LogP contribution in [0.15, 0.2) is 24.3 Å². The Labute approximate surface area is 153 Å². The van der Waals surface area contributed by atoms with Crippen molar-refractivity contribution in [1.29, 1.82) is 0 Å². The fourth-order valence-electron chi connectivity index (χ4n) is 3.09. The number of piperazine rings is 1. The van der Waals surface area contributed by atoms with E-state index in [1.54, 1.807) is 11.0 Å². The van der Waals surface area contributed by atoms with Crippen LogP contribution in [0.4, 0.5) is 10.1 Å².